The molecule has 10 aromatic carbocycles. The van der Waals surface area contributed by atoms with Gasteiger partial charge in [-0.3, -0.25) is 0 Å². The SMILES string of the molecule is Cc1cc(C(C)(C)C)ccc1N1c2cc3c(cc2B2c4ccc(N(c5ccc(C(C)(C)C)cc5)c5ccc(C(C)(C)C)cc5)cc4N(c4ccc(C(C)(C)C)cc4-c4ccccc4)c4cc(N(c5ccc(C(C)(C)C)cc5)c5ccc(C(C)(C)C)cc5)cc1c42)C(C)(C)CC3(C)C. The Morgan fingerprint density at radius 2 is 0.660 bits per heavy atom. The maximum Gasteiger partial charge on any atom is 0.252 e. The second kappa shape index (κ2) is 23.3. The van der Waals surface area contributed by atoms with Crippen LogP contribution in [0.5, 0.6) is 0 Å². The third kappa shape index (κ3) is 12.2. The number of hydrogen-bond donors (Lipinski definition) is 0. The van der Waals surface area contributed by atoms with Crippen LogP contribution < -0.4 is 36.0 Å². The lowest BCUT2D eigenvalue weighted by Crippen LogP contribution is -2.61. The molecular weight excluding hydrogens is 1170 g/mol. The Balaban J connectivity index is 1.21. The van der Waals surface area contributed by atoms with Crippen LogP contribution in [0, 0.1) is 6.92 Å². The van der Waals surface area contributed by atoms with E-state index in [0.717, 1.165) is 57.6 Å². The average molecular weight is 1280 g/mol. The fraction of sp³-hybridized carbons (Fsp3) is 0.348. The third-order valence-electron chi connectivity index (χ3n) is 21.5. The van der Waals surface area contributed by atoms with Crippen molar-refractivity contribution in [3.05, 3.63) is 256 Å². The van der Waals surface area contributed by atoms with E-state index in [1.807, 2.05) is 0 Å². The first-order valence-electron chi connectivity index (χ1n) is 35.7. The van der Waals surface area contributed by atoms with Crippen LogP contribution in [-0.4, -0.2) is 6.71 Å². The minimum Gasteiger partial charge on any atom is -0.311 e. The van der Waals surface area contributed by atoms with E-state index in [1.165, 1.54) is 94.6 Å². The molecule has 10 aromatic rings. The molecule has 1 aliphatic carbocycles. The van der Waals surface area contributed by atoms with Crippen molar-refractivity contribution in [1.29, 1.82) is 0 Å². The summed E-state index contributed by atoms with van der Waals surface area (Å²) in [6.07, 6.45) is 1.06. The monoisotopic (exact) mass is 1280 g/mol. The summed E-state index contributed by atoms with van der Waals surface area (Å²) < 4.78 is 0. The van der Waals surface area contributed by atoms with Gasteiger partial charge in [-0.05, 0) is 226 Å². The molecule has 2 aliphatic heterocycles. The summed E-state index contributed by atoms with van der Waals surface area (Å²) in [6.45, 7) is 53.9. The smallest absolute Gasteiger partial charge is 0.252 e. The quantitative estimate of drug-likeness (QED) is 0.134. The zero-order valence-corrected chi connectivity index (χ0v) is 62.7. The summed E-state index contributed by atoms with van der Waals surface area (Å²) in [6, 6.07) is 81.3. The van der Waals surface area contributed by atoms with Crippen molar-refractivity contribution in [3.8, 4) is 11.1 Å². The highest BCUT2D eigenvalue weighted by Gasteiger charge is 2.49. The molecule has 0 radical (unpaired) electrons. The van der Waals surface area contributed by atoms with Crippen molar-refractivity contribution in [1.82, 2.24) is 0 Å². The van der Waals surface area contributed by atoms with E-state index in [-0.39, 0.29) is 50.0 Å². The molecule has 0 N–H and O–H groups in total. The Kier molecular flexibility index (Phi) is 16.1. The van der Waals surface area contributed by atoms with E-state index in [9.17, 15) is 0 Å². The van der Waals surface area contributed by atoms with Gasteiger partial charge in [-0.2, -0.15) is 0 Å². The molecule has 3 aliphatic rings. The molecule has 5 heteroatoms. The van der Waals surface area contributed by atoms with Crippen LogP contribution in [0.4, 0.5) is 68.2 Å². The van der Waals surface area contributed by atoms with Gasteiger partial charge in [-0.1, -0.05) is 262 Å². The average Bonchev–Trinajstić information content (AvgIpc) is 1.66. The molecule has 0 amide bonds. The minimum absolute atomic E-state index is 0.0129. The van der Waals surface area contributed by atoms with Crippen LogP contribution in [-0.2, 0) is 43.3 Å². The highest BCUT2D eigenvalue weighted by atomic mass is 15.2. The van der Waals surface area contributed by atoms with Crippen molar-refractivity contribution in [3.63, 3.8) is 0 Å². The highest BCUT2D eigenvalue weighted by Crippen LogP contribution is 2.56. The van der Waals surface area contributed by atoms with Gasteiger partial charge in [0.15, 0.2) is 0 Å². The lowest BCUT2D eigenvalue weighted by Gasteiger charge is -2.46. The molecular formula is C92H105BN4. The fourth-order valence-electron chi connectivity index (χ4n) is 16.0. The lowest BCUT2D eigenvalue weighted by molar-refractivity contribution is 0.403. The van der Waals surface area contributed by atoms with Crippen molar-refractivity contribution in [2.24, 2.45) is 0 Å². The standard InChI is InChI=1S/C92H105BN4/c1-59-51-65(89(14,15)16)37-49-78(59)96-81-57-75-74(91(20,21)58-92(75,22)23)56-77(81)93-76-48-47-71(94(67-39-29-61(30-40-67)85(2,3)4)68-41-31-62(32-42-68)86(5,6)7)53-80(76)97(79-50-38-66(90(17,18)19)52-73(79)60-27-25-24-26-28-60)83-55-72(54-82(96)84(83)93)95(69-43-33-63(34-44-69)87(8,9)10)70-45-35-64(36-46-70)88(11,12)13/h24-57H,58H2,1-23H3. The van der Waals surface area contributed by atoms with Gasteiger partial charge in [0.05, 0.1) is 11.4 Å². The first-order valence-corrected chi connectivity index (χ1v) is 35.7. The van der Waals surface area contributed by atoms with E-state index < -0.39 is 0 Å². The van der Waals surface area contributed by atoms with Gasteiger partial charge >= 0.3 is 0 Å². The molecule has 0 saturated heterocycles. The second-order valence-electron chi connectivity index (χ2n) is 36.1. The molecule has 97 heavy (non-hydrogen) atoms. The minimum atomic E-state index is -0.158. The molecule has 0 bridgehead atoms. The molecule has 2 heterocycles. The Bertz CT molecular complexity index is 4520. The summed E-state index contributed by atoms with van der Waals surface area (Å²) in [5, 5.41) is 0. The largest absolute Gasteiger partial charge is 0.311 e. The molecule has 13 rings (SSSR count). The van der Waals surface area contributed by atoms with Gasteiger partial charge in [0, 0.05) is 62.4 Å². The first kappa shape index (κ1) is 67.1. The van der Waals surface area contributed by atoms with E-state index in [4.69, 9.17) is 0 Å². The number of aryl methyl sites for hydroxylation is 1. The van der Waals surface area contributed by atoms with Crippen LogP contribution in [0.25, 0.3) is 11.1 Å². The summed E-state index contributed by atoms with van der Waals surface area (Å²) in [4.78, 5) is 10.4. The number of anilines is 12. The molecule has 0 saturated carbocycles. The number of hydrogen-bond acceptors (Lipinski definition) is 4. The second-order valence-corrected chi connectivity index (χ2v) is 36.1. The molecule has 0 atom stereocenters. The zero-order chi connectivity index (χ0) is 69.6. The zero-order valence-electron chi connectivity index (χ0n) is 62.7. The first-order chi connectivity index (χ1) is 45.3. The molecule has 0 spiro atoms. The van der Waals surface area contributed by atoms with E-state index in [1.54, 1.807) is 0 Å². The van der Waals surface area contributed by atoms with Crippen LogP contribution in [0.2, 0.25) is 0 Å². The third-order valence-corrected chi connectivity index (χ3v) is 21.5. The van der Waals surface area contributed by atoms with E-state index in [2.05, 4.69) is 385 Å². The highest BCUT2D eigenvalue weighted by molar-refractivity contribution is 7.00. The van der Waals surface area contributed by atoms with Crippen LogP contribution in [0.3, 0.4) is 0 Å². The van der Waals surface area contributed by atoms with E-state index >= 15 is 0 Å². The number of fused-ring (bicyclic) bond motifs is 5. The van der Waals surface area contributed by atoms with Gasteiger partial charge < -0.3 is 19.6 Å². The van der Waals surface area contributed by atoms with E-state index in [0.29, 0.717) is 0 Å². The topological polar surface area (TPSA) is 13.0 Å². The lowest BCUT2D eigenvalue weighted by atomic mass is 9.33. The van der Waals surface area contributed by atoms with Crippen LogP contribution >= 0.6 is 0 Å². The number of nitrogens with zero attached hydrogens (tertiary/aromatic N) is 4. The summed E-state index contributed by atoms with van der Waals surface area (Å²) in [7, 11) is 0. The Hall–Kier alpha value is -8.54. The maximum absolute atomic E-state index is 2.70. The normalized spacial score (nSPS) is 15.0. The van der Waals surface area contributed by atoms with Gasteiger partial charge in [-0.25, -0.2) is 0 Å². The van der Waals surface area contributed by atoms with Crippen molar-refractivity contribution >= 4 is 91.3 Å². The molecule has 0 fully saturated rings. The molecule has 496 valence electrons. The number of rotatable bonds is 9. The summed E-state index contributed by atoms with van der Waals surface area (Å²) in [5.74, 6) is 0. The molecule has 0 unspecified atom stereocenters. The molecule has 4 nitrogen and oxygen atoms in total. The Morgan fingerprint density at radius 1 is 0.309 bits per heavy atom. The summed E-state index contributed by atoms with van der Waals surface area (Å²) in [5.41, 5.74) is 31.5. The fourth-order valence-corrected chi connectivity index (χ4v) is 16.0. The predicted molar refractivity (Wildman–Crippen MR) is 423 cm³/mol. The number of benzene rings is 10. The van der Waals surface area contributed by atoms with Crippen molar-refractivity contribution in [2.45, 2.75) is 209 Å². The van der Waals surface area contributed by atoms with Gasteiger partial charge in [0.2, 0.25) is 0 Å². The molecule has 0 aromatic heterocycles. The van der Waals surface area contributed by atoms with Crippen LogP contribution in [0.15, 0.2) is 206 Å². The van der Waals surface area contributed by atoms with Crippen molar-refractivity contribution in [2.75, 3.05) is 19.6 Å². The van der Waals surface area contributed by atoms with Gasteiger partial charge in [0.1, 0.15) is 0 Å². The van der Waals surface area contributed by atoms with Crippen LogP contribution in [0.1, 0.15) is 209 Å². The van der Waals surface area contributed by atoms with Gasteiger partial charge in [0.25, 0.3) is 6.71 Å². The van der Waals surface area contributed by atoms with Gasteiger partial charge in [-0.15, -0.1) is 0 Å². The summed E-state index contributed by atoms with van der Waals surface area (Å²) >= 11 is 0. The maximum atomic E-state index is 2.70. The Labute approximate surface area is 583 Å². The predicted octanol–water partition coefficient (Wildman–Crippen LogP) is 24.4. The van der Waals surface area contributed by atoms with Crippen molar-refractivity contribution < 1.29 is 0 Å². The Morgan fingerprint density at radius 3 is 1.08 bits per heavy atom.